The molecule has 4 bridgehead atoms. The van der Waals surface area contributed by atoms with Gasteiger partial charge in [0.05, 0.1) is 0 Å². The van der Waals surface area contributed by atoms with Crippen LogP contribution >= 0.6 is 0 Å². The third-order valence-corrected chi connectivity index (χ3v) is 8.09. The van der Waals surface area contributed by atoms with E-state index in [4.69, 9.17) is 9.97 Å². The quantitative estimate of drug-likeness (QED) is 0.618. The lowest BCUT2D eigenvalue weighted by Gasteiger charge is -2.30. The Kier molecular flexibility index (Phi) is 4.27. The molecule has 4 aliphatic rings. The number of aromatic nitrogens is 4. The summed E-state index contributed by atoms with van der Waals surface area (Å²) in [6.07, 6.45) is 7.41. The number of anilines is 1. The molecule has 0 spiro atoms. The maximum atomic E-state index is 13.4. The Morgan fingerprint density at radius 2 is 1.87 bits per heavy atom. The molecular weight excluding hydrogens is 386 g/mol. The Morgan fingerprint density at radius 3 is 2.58 bits per heavy atom. The number of aryl methyl sites for hydroxylation is 1. The van der Waals surface area contributed by atoms with Gasteiger partial charge in [-0.25, -0.2) is 4.98 Å². The molecule has 1 aromatic carbocycles. The first kappa shape index (κ1) is 19.1. The number of hydrogen-bond donors (Lipinski definition) is 2. The van der Waals surface area contributed by atoms with Crippen molar-refractivity contribution in [3.63, 3.8) is 0 Å². The van der Waals surface area contributed by atoms with Crippen molar-refractivity contribution < 1.29 is 0 Å². The molecule has 2 N–H and O–H groups in total. The van der Waals surface area contributed by atoms with Gasteiger partial charge in [-0.2, -0.15) is 4.98 Å². The molecule has 0 amide bonds. The van der Waals surface area contributed by atoms with Crippen LogP contribution in [0.15, 0.2) is 29.1 Å². The highest BCUT2D eigenvalue weighted by atomic mass is 16.1. The lowest BCUT2D eigenvalue weighted by Crippen LogP contribution is -2.29. The molecule has 0 radical (unpaired) electrons. The number of nitrogens with one attached hydrogen (secondary N) is 2. The van der Waals surface area contributed by atoms with E-state index in [1.54, 1.807) is 4.57 Å². The molecule has 31 heavy (non-hydrogen) atoms. The third kappa shape index (κ3) is 2.94. The van der Waals surface area contributed by atoms with E-state index in [0.717, 1.165) is 30.0 Å². The molecule has 6 heteroatoms. The number of benzene rings is 1. The highest BCUT2D eigenvalue weighted by Gasteiger charge is 2.59. The van der Waals surface area contributed by atoms with Gasteiger partial charge in [0.1, 0.15) is 5.82 Å². The Balaban J connectivity index is 1.38. The van der Waals surface area contributed by atoms with Gasteiger partial charge in [0.15, 0.2) is 11.2 Å². The summed E-state index contributed by atoms with van der Waals surface area (Å²) >= 11 is 0. The van der Waals surface area contributed by atoms with Gasteiger partial charge in [0, 0.05) is 18.5 Å². The Bertz CT molecular complexity index is 1180. The van der Waals surface area contributed by atoms with Crippen LogP contribution in [0.25, 0.3) is 11.2 Å². The second-order valence-electron chi connectivity index (χ2n) is 10.2. The van der Waals surface area contributed by atoms with Crippen LogP contribution in [0.4, 0.5) is 5.95 Å². The zero-order valence-electron chi connectivity index (χ0n) is 18.4. The van der Waals surface area contributed by atoms with E-state index in [9.17, 15) is 4.79 Å². The molecule has 4 saturated carbocycles. The van der Waals surface area contributed by atoms with Crippen molar-refractivity contribution in [2.24, 2.45) is 17.8 Å². The summed E-state index contributed by atoms with van der Waals surface area (Å²) in [6.45, 7) is 5.45. The van der Waals surface area contributed by atoms with Crippen LogP contribution in [-0.2, 0) is 18.5 Å². The van der Waals surface area contributed by atoms with Crippen molar-refractivity contribution in [2.75, 3.05) is 5.32 Å². The largest absolute Gasteiger partial charge is 0.351 e. The standard InChI is InChI=1S/C25H31N5O/c1-3-8-30-22(31)20-21(29-24(30)26-14-16-6-4-15(2)5-7-16)28-23(27-20)25-12-17-9-18(13-25)11-19(25)10-17/h4-7,17-19H,3,8-14H2,1-2H3,(H,26,29)(H,27,28). The fourth-order valence-corrected chi connectivity index (χ4v) is 6.86. The number of H-pyrrole nitrogens is 1. The predicted octanol–water partition coefficient (Wildman–Crippen LogP) is 4.53. The van der Waals surface area contributed by atoms with Crippen LogP contribution in [0.3, 0.4) is 0 Å². The highest BCUT2D eigenvalue weighted by Crippen LogP contribution is 2.65. The number of imidazole rings is 1. The fourth-order valence-electron chi connectivity index (χ4n) is 6.86. The smallest absolute Gasteiger partial charge is 0.280 e. The predicted molar refractivity (Wildman–Crippen MR) is 122 cm³/mol. The Labute approximate surface area is 182 Å². The lowest BCUT2D eigenvalue weighted by atomic mass is 9.75. The molecule has 2 heterocycles. The number of hydrogen-bond acceptors (Lipinski definition) is 4. The van der Waals surface area contributed by atoms with E-state index in [-0.39, 0.29) is 11.0 Å². The summed E-state index contributed by atoms with van der Waals surface area (Å²) in [5.74, 6) is 4.08. The van der Waals surface area contributed by atoms with E-state index >= 15 is 0 Å². The number of rotatable bonds is 6. The molecular formula is C25H31N5O. The molecule has 3 aromatic rings. The Hall–Kier alpha value is -2.63. The molecule has 6 nitrogen and oxygen atoms in total. The maximum absolute atomic E-state index is 13.4. The summed E-state index contributed by atoms with van der Waals surface area (Å²) < 4.78 is 1.77. The first-order valence-electron chi connectivity index (χ1n) is 11.9. The van der Waals surface area contributed by atoms with Crippen LogP contribution in [0.2, 0.25) is 0 Å². The Morgan fingerprint density at radius 1 is 1.13 bits per heavy atom. The highest BCUT2D eigenvalue weighted by molar-refractivity contribution is 5.71. The van der Waals surface area contributed by atoms with Gasteiger partial charge in [-0.1, -0.05) is 36.8 Å². The minimum absolute atomic E-state index is 0.00823. The van der Waals surface area contributed by atoms with E-state index < -0.39 is 0 Å². The summed E-state index contributed by atoms with van der Waals surface area (Å²) in [5.41, 5.74) is 3.70. The second-order valence-corrected chi connectivity index (χ2v) is 10.2. The van der Waals surface area contributed by atoms with Crippen LogP contribution in [0, 0.1) is 24.7 Å². The van der Waals surface area contributed by atoms with Crippen molar-refractivity contribution in [1.82, 2.24) is 19.5 Å². The van der Waals surface area contributed by atoms with E-state index in [1.807, 2.05) is 0 Å². The van der Waals surface area contributed by atoms with Crippen molar-refractivity contribution in [3.05, 3.63) is 51.6 Å². The minimum atomic E-state index is -0.00823. The normalized spacial score (nSPS) is 28.6. The molecule has 0 aliphatic heterocycles. The monoisotopic (exact) mass is 417 g/mol. The third-order valence-electron chi connectivity index (χ3n) is 8.09. The van der Waals surface area contributed by atoms with Gasteiger partial charge in [-0.05, 0) is 68.8 Å². The zero-order valence-corrected chi connectivity index (χ0v) is 18.4. The summed E-state index contributed by atoms with van der Waals surface area (Å²) in [4.78, 5) is 26.7. The molecule has 2 unspecified atom stereocenters. The fraction of sp³-hybridized carbons (Fsp3) is 0.560. The summed E-state index contributed by atoms with van der Waals surface area (Å²) in [6, 6.07) is 8.44. The summed E-state index contributed by atoms with van der Waals surface area (Å²) in [7, 11) is 0. The maximum Gasteiger partial charge on any atom is 0.280 e. The molecule has 4 aliphatic carbocycles. The zero-order chi connectivity index (χ0) is 21.2. The number of aromatic amines is 1. The van der Waals surface area contributed by atoms with Crippen LogP contribution in [0.5, 0.6) is 0 Å². The van der Waals surface area contributed by atoms with Crippen LogP contribution in [-0.4, -0.2) is 19.5 Å². The second kappa shape index (κ2) is 6.94. The van der Waals surface area contributed by atoms with Crippen LogP contribution in [0.1, 0.15) is 62.4 Å². The molecule has 2 atom stereocenters. The molecule has 162 valence electrons. The van der Waals surface area contributed by atoms with Gasteiger partial charge in [0.2, 0.25) is 5.95 Å². The van der Waals surface area contributed by atoms with E-state index in [2.05, 4.69) is 48.4 Å². The minimum Gasteiger partial charge on any atom is -0.351 e. The number of nitrogens with zero attached hydrogens (tertiary/aromatic N) is 3. The van der Waals surface area contributed by atoms with Crippen LogP contribution < -0.4 is 10.9 Å². The van der Waals surface area contributed by atoms with E-state index in [0.29, 0.717) is 30.2 Å². The molecule has 7 rings (SSSR count). The first-order valence-corrected chi connectivity index (χ1v) is 11.9. The van der Waals surface area contributed by atoms with Crippen molar-refractivity contribution in [2.45, 2.75) is 70.9 Å². The topological polar surface area (TPSA) is 75.6 Å². The van der Waals surface area contributed by atoms with Gasteiger partial charge in [0.25, 0.3) is 5.56 Å². The van der Waals surface area contributed by atoms with Gasteiger partial charge in [-0.3, -0.25) is 9.36 Å². The van der Waals surface area contributed by atoms with Crippen molar-refractivity contribution in [1.29, 1.82) is 0 Å². The summed E-state index contributed by atoms with van der Waals surface area (Å²) in [5, 5.41) is 3.40. The average Bonchev–Trinajstić information content (AvgIpc) is 3.37. The lowest BCUT2D eigenvalue weighted by molar-refractivity contribution is 0.262. The SMILES string of the molecule is CCCn1c(NCc2ccc(C)cc2)nc2nc(C34CC5CC(CC3C5)C4)[nH]c2c1=O. The van der Waals surface area contributed by atoms with Gasteiger partial charge in [-0.15, -0.1) is 0 Å². The first-order chi connectivity index (χ1) is 15.1. The van der Waals surface area contributed by atoms with Gasteiger partial charge < -0.3 is 10.3 Å². The molecule has 0 saturated heterocycles. The average molecular weight is 418 g/mol. The van der Waals surface area contributed by atoms with Crippen molar-refractivity contribution in [3.8, 4) is 0 Å². The number of fused-ring (bicyclic) bond motifs is 1. The molecule has 4 fully saturated rings. The van der Waals surface area contributed by atoms with Crippen molar-refractivity contribution >= 4 is 17.1 Å². The van der Waals surface area contributed by atoms with Gasteiger partial charge >= 0.3 is 0 Å². The van der Waals surface area contributed by atoms with E-state index in [1.165, 1.54) is 43.2 Å². The molecule has 2 aromatic heterocycles.